The number of oxazole rings is 1. The van der Waals surface area contributed by atoms with Crippen LogP contribution in [0.15, 0.2) is 28.9 Å². The summed E-state index contributed by atoms with van der Waals surface area (Å²) < 4.78 is 43.6. The second kappa shape index (κ2) is 7.06. The molecule has 1 N–H and O–H groups in total. The molecular formula is C17H15F3N6O2. The number of aryl methyl sites for hydroxylation is 2. The zero-order valence-electron chi connectivity index (χ0n) is 14.5. The Labute approximate surface area is 156 Å². The predicted molar refractivity (Wildman–Crippen MR) is 88.0 cm³/mol. The first kappa shape index (κ1) is 18.1. The van der Waals surface area contributed by atoms with Crippen LogP contribution in [0.2, 0.25) is 0 Å². The number of nitrogens with zero attached hydrogens (tertiary/aromatic N) is 5. The summed E-state index contributed by atoms with van der Waals surface area (Å²) in [4.78, 5) is 25.5. The summed E-state index contributed by atoms with van der Waals surface area (Å²) in [6.45, 7) is 0.430. The monoisotopic (exact) mass is 392 g/mol. The molecule has 0 saturated carbocycles. The smallest absolute Gasteiger partial charge is 0.445 e. The Kier molecular flexibility index (Phi) is 4.57. The Bertz CT molecular complexity index is 982. The molecule has 4 rings (SSSR count). The minimum absolute atomic E-state index is 0.139. The summed E-state index contributed by atoms with van der Waals surface area (Å²) in [5.41, 5.74) is 1.66. The van der Waals surface area contributed by atoms with E-state index in [1.165, 1.54) is 4.90 Å². The number of aromatic nitrogens is 5. The van der Waals surface area contributed by atoms with Gasteiger partial charge in [-0.15, -0.1) is 5.10 Å². The van der Waals surface area contributed by atoms with Crippen LogP contribution in [0.1, 0.15) is 39.4 Å². The van der Waals surface area contributed by atoms with E-state index in [1.807, 2.05) is 12.1 Å². The van der Waals surface area contributed by atoms with Gasteiger partial charge in [-0.3, -0.25) is 14.9 Å². The first-order valence-electron chi connectivity index (χ1n) is 8.55. The molecule has 0 spiro atoms. The molecule has 1 amide bonds. The number of aromatic amines is 1. The summed E-state index contributed by atoms with van der Waals surface area (Å²) in [7, 11) is 0. The molecule has 0 aliphatic carbocycles. The third kappa shape index (κ3) is 3.73. The molecule has 28 heavy (non-hydrogen) atoms. The molecule has 146 valence electrons. The number of H-pyrrole nitrogens is 1. The predicted octanol–water partition coefficient (Wildman–Crippen LogP) is 2.19. The Morgan fingerprint density at radius 3 is 2.86 bits per heavy atom. The molecule has 0 saturated heterocycles. The van der Waals surface area contributed by atoms with Gasteiger partial charge in [0.2, 0.25) is 11.6 Å². The third-order valence-electron chi connectivity index (χ3n) is 4.35. The zero-order valence-corrected chi connectivity index (χ0v) is 14.5. The van der Waals surface area contributed by atoms with Crippen LogP contribution in [0.4, 0.5) is 13.2 Å². The Balaban J connectivity index is 1.42. The minimum atomic E-state index is -4.68. The van der Waals surface area contributed by atoms with E-state index >= 15 is 0 Å². The van der Waals surface area contributed by atoms with E-state index < -0.39 is 23.7 Å². The van der Waals surface area contributed by atoms with Gasteiger partial charge < -0.3 is 9.32 Å². The molecule has 1 aliphatic heterocycles. The van der Waals surface area contributed by atoms with Crippen LogP contribution >= 0.6 is 0 Å². The van der Waals surface area contributed by atoms with Crippen molar-refractivity contribution in [2.45, 2.75) is 32.0 Å². The zero-order chi connectivity index (χ0) is 19.7. The average Bonchev–Trinajstić information content (AvgIpc) is 3.33. The molecule has 4 heterocycles. The van der Waals surface area contributed by atoms with Crippen molar-refractivity contribution in [3.63, 3.8) is 0 Å². The van der Waals surface area contributed by atoms with Gasteiger partial charge in [-0.2, -0.15) is 18.2 Å². The van der Waals surface area contributed by atoms with Crippen molar-refractivity contribution in [2.24, 2.45) is 0 Å². The molecular weight excluding hydrogens is 377 g/mol. The average molecular weight is 392 g/mol. The molecule has 0 radical (unpaired) electrons. The number of halogens is 3. The lowest BCUT2D eigenvalue weighted by Gasteiger charge is -2.23. The molecule has 0 aromatic carbocycles. The topological polar surface area (TPSA) is 101 Å². The lowest BCUT2D eigenvalue weighted by molar-refractivity contribution is -0.144. The lowest BCUT2D eigenvalue weighted by atomic mass is 10.1. The number of amides is 1. The van der Waals surface area contributed by atoms with Gasteiger partial charge >= 0.3 is 6.18 Å². The standard InChI is InChI=1S/C17H15F3N6O2/c18-17(19,20)16-23-14(24-25-16)15(27)26-7-5-12-11(9-26)22-13(28-12)4-3-10-2-1-6-21-8-10/h1-2,6,8H,3-5,7,9H2,(H,23,24,25). The maximum Gasteiger partial charge on any atom is 0.451 e. The van der Waals surface area contributed by atoms with Crippen LogP contribution in [-0.2, 0) is 32.0 Å². The Morgan fingerprint density at radius 1 is 1.29 bits per heavy atom. The van der Waals surface area contributed by atoms with E-state index in [9.17, 15) is 18.0 Å². The largest absolute Gasteiger partial charge is 0.451 e. The van der Waals surface area contributed by atoms with Crippen LogP contribution in [0.5, 0.6) is 0 Å². The number of alkyl halides is 3. The van der Waals surface area contributed by atoms with Crippen molar-refractivity contribution in [2.75, 3.05) is 6.54 Å². The van der Waals surface area contributed by atoms with Crippen LogP contribution in [0.3, 0.4) is 0 Å². The second-order valence-electron chi connectivity index (χ2n) is 6.32. The fourth-order valence-corrected chi connectivity index (χ4v) is 2.96. The second-order valence-corrected chi connectivity index (χ2v) is 6.32. The molecule has 0 fully saturated rings. The van der Waals surface area contributed by atoms with E-state index in [0.717, 1.165) is 5.56 Å². The van der Waals surface area contributed by atoms with Gasteiger partial charge in [0, 0.05) is 31.8 Å². The number of rotatable bonds is 4. The normalized spacial score (nSPS) is 14.2. The molecule has 0 atom stereocenters. The summed E-state index contributed by atoms with van der Waals surface area (Å²) in [6.07, 6.45) is 0.517. The summed E-state index contributed by atoms with van der Waals surface area (Å²) in [6, 6.07) is 3.81. The highest BCUT2D eigenvalue weighted by molar-refractivity contribution is 5.90. The molecule has 0 bridgehead atoms. The minimum Gasteiger partial charge on any atom is -0.445 e. The maximum atomic E-state index is 12.6. The van der Waals surface area contributed by atoms with Gasteiger partial charge in [0.15, 0.2) is 5.89 Å². The van der Waals surface area contributed by atoms with E-state index in [4.69, 9.17) is 4.42 Å². The van der Waals surface area contributed by atoms with Crippen molar-refractivity contribution in [3.8, 4) is 0 Å². The number of carbonyl (C=O) groups excluding carboxylic acids is 1. The van der Waals surface area contributed by atoms with Crippen LogP contribution in [0.25, 0.3) is 0 Å². The highest BCUT2D eigenvalue weighted by Gasteiger charge is 2.37. The number of carbonyl (C=O) groups is 1. The van der Waals surface area contributed by atoms with Gasteiger partial charge in [-0.1, -0.05) is 6.07 Å². The van der Waals surface area contributed by atoms with E-state index in [1.54, 1.807) is 17.5 Å². The van der Waals surface area contributed by atoms with Crippen molar-refractivity contribution in [1.82, 2.24) is 30.0 Å². The first-order chi connectivity index (χ1) is 13.4. The summed E-state index contributed by atoms with van der Waals surface area (Å²) in [5.74, 6) is -1.25. The highest BCUT2D eigenvalue weighted by Crippen LogP contribution is 2.26. The van der Waals surface area contributed by atoms with Crippen LogP contribution < -0.4 is 0 Å². The number of pyridine rings is 1. The van der Waals surface area contributed by atoms with Crippen molar-refractivity contribution < 1.29 is 22.4 Å². The highest BCUT2D eigenvalue weighted by atomic mass is 19.4. The molecule has 1 aliphatic rings. The summed E-state index contributed by atoms with van der Waals surface area (Å²) >= 11 is 0. The number of hydrogen-bond acceptors (Lipinski definition) is 6. The van der Waals surface area contributed by atoms with E-state index in [2.05, 4.69) is 20.1 Å². The van der Waals surface area contributed by atoms with E-state index in [-0.39, 0.29) is 6.54 Å². The quantitative estimate of drug-likeness (QED) is 0.731. The number of fused-ring (bicyclic) bond motifs is 1. The van der Waals surface area contributed by atoms with Crippen molar-refractivity contribution in [3.05, 3.63) is 59.1 Å². The molecule has 8 nitrogen and oxygen atoms in total. The van der Waals surface area contributed by atoms with Gasteiger partial charge in [-0.25, -0.2) is 4.98 Å². The molecule has 0 unspecified atom stereocenters. The lowest BCUT2D eigenvalue weighted by Crippen LogP contribution is -2.36. The third-order valence-corrected chi connectivity index (χ3v) is 4.35. The number of nitrogens with one attached hydrogen (secondary N) is 1. The summed E-state index contributed by atoms with van der Waals surface area (Å²) in [5, 5.41) is 5.13. The van der Waals surface area contributed by atoms with Gasteiger partial charge in [-0.05, 0) is 18.1 Å². The molecule has 3 aromatic heterocycles. The maximum absolute atomic E-state index is 12.6. The molecule has 11 heteroatoms. The fourth-order valence-electron chi connectivity index (χ4n) is 2.96. The van der Waals surface area contributed by atoms with Crippen LogP contribution in [0, 0.1) is 0 Å². The van der Waals surface area contributed by atoms with Gasteiger partial charge in [0.05, 0.1) is 6.54 Å². The SMILES string of the molecule is O=C(c1n[nH]c(C(F)(F)F)n1)N1CCc2oc(CCc3cccnc3)nc2C1. The number of hydrogen-bond donors (Lipinski definition) is 1. The van der Waals surface area contributed by atoms with Crippen molar-refractivity contribution in [1.29, 1.82) is 0 Å². The first-order valence-corrected chi connectivity index (χ1v) is 8.55. The Hall–Kier alpha value is -3.24. The van der Waals surface area contributed by atoms with Crippen molar-refractivity contribution >= 4 is 5.91 Å². The fraction of sp³-hybridized carbons (Fsp3) is 0.353. The van der Waals surface area contributed by atoms with Gasteiger partial charge in [0.25, 0.3) is 5.91 Å². The van der Waals surface area contributed by atoms with Gasteiger partial charge in [0.1, 0.15) is 11.5 Å². The molecule has 3 aromatic rings. The van der Waals surface area contributed by atoms with Crippen LogP contribution in [-0.4, -0.2) is 42.5 Å². The Morgan fingerprint density at radius 2 is 2.14 bits per heavy atom. The van der Waals surface area contributed by atoms with E-state index in [0.29, 0.717) is 43.2 Å².